The third kappa shape index (κ3) is 3.91. The van der Waals surface area contributed by atoms with Crippen molar-refractivity contribution < 1.29 is 14.3 Å². The summed E-state index contributed by atoms with van der Waals surface area (Å²) in [5.41, 5.74) is 0.966. The maximum absolute atomic E-state index is 11.7. The number of esters is 1. The van der Waals surface area contributed by atoms with Crippen LogP contribution < -0.4 is 5.32 Å². The minimum absolute atomic E-state index is 0.117. The predicted octanol–water partition coefficient (Wildman–Crippen LogP) is 1.67. The molecule has 0 atom stereocenters. The van der Waals surface area contributed by atoms with Crippen LogP contribution in [0.15, 0.2) is 54.9 Å². The van der Waals surface area contributed by atoms with Crippen molar-refractivity contribution in [1.82, 2.24) is 10.3 Å². The lowest BCUT2D eigenvalue weighted by Crippen LogP contribution is -2.28. The van der Waals surface area contributed by atoms with Crippen LogP contribution >= 0.6 is 0 Å². The molecule has 2 aromatic rings. The predicted molar refractivity (Wildman–Crippen MR) is 73.3 cm³/mol. The Bertz CT molecular complexity index is 517. The number of hydrogen-bond donors (Lipinski definition) is 1. The average Bonchev–Trinajstić information content (AvgIpc) is 2.53. The second-order valence-corrected chi connectivity index (χ2v) is 4.00. The van der Waals surface area contributed by atoms with Crippen molar-refractivity contribution in [3.05, 3.63) is 66.0 Å². The second-order valence-electron chi connectivity index (χ2n) is 4.00. The lowest BCUT2D eigenvalue weighted by atomic mass is 10.2. The molecule has 1 aromatic heterocycles. The lowest BCUT2D eigenvalue weighted by molar-refractivity contribution is 0.0502. The van der Waals surface area contributed by atoms with Crippen molar-refractivity contribution in [3.63, 3.8) is 0 Å². The number of carbonyl (C=O) groups is 2. The van der Waals surface area contributed by atoms with Crippen molar-refractivity contribution in [3.8, 4) is 0 Å². The van der Waals surface area contributed by atoms with Crippen molar-refractivity contribution in [2.75, 3.05) is 13.2 Å². The van der Waals surface area contributed by atoms with Gasteiger partial charge in [0.1, 0.15) is 6.61 Å². The van der Waals surface area contributed by atoms with Gasteiger partial charge in [-0.1, -0.05) is 18.2 Å². The van der Waals surface area contributed by atoms with Gasteiger partial charge in [-0.25, -0.2) is 4.79 Å². The van der Waals surface area contributed by atoms with E-state index in [2.05, 4.69) is 10.3 Å². The minimum atomic E-state index is -0.452. The van der Waals surface area contributed by atoms with Gasteiger partial charge in [0.15, 0.2) is 0 Å². The largest absolute Gasteiger partial charge is 0.460 e. The summed E-state index contributed by atoms with van der Waals surface area (Å²) in [6.07, 6.45) is 3.02. The van der Waals surface area contributed by atoms with Crippen LogP contribution in [0.1, 0.15) is 20.7 Å². The van der Waals surface area contributed by atoms with Crippen LogP contribution in [-0.4, -0.2) is 30.0 Å². The van der Waals surface area contributed by atoms with E-state index in [4.69, 9.17) is 4.74 Å². The van der Waals surface area contributed by atoms with Gasteiger partial charge >= 0.3 is 5.97 Å². The second kappa shape index (κ2) is 7.04. The van der Waals surface area contributed by atoms with E-state index in [1.165, 1.54) is 6.20 Å². The Balaban J connectivity index is 1.72. The van der Waals surface area contributed by atoms with Crippen LogP contribution in [0, 0.1) is 0 Å². The highest BCUT2D eigenvalue weighted by molar-refractivity contribution is 5.94. The standard InChI is InChI=1S/C15H14N2O3/c18-14(12-5-2-1-3-6-12)17-9-10-20-15(19)13-7-4-8-16-11-13/h1-8,11H,9-10H2,(H,17,18). The SMILES string of the molecule is O=C(NCCOC(=O)c1cccnc1)c1ccccc1. The molecule has 0 aliphatic rings. The number of aromatic nitrogens is 1. The Kier molecular flexibility index (Phi) is 4.83. The van der Waals surface area contributed by atoms with E-state index in [1.807, 2.05) is 6.07 Å². The summed E-state index contributed by atoms with van der Waals surface area (Å²) >= 11 is 0. The Labute approximate surface area is 116 Å². The molecule has 1 aromatic carbocycles. The molecule has 102 valence electrons. The first-order chi connectivity index (χ1) is 9.77. The highest BCUT2D eigenvalue weighted by Gasteiger charge is 2.07. The molecule has 0 bridgehead atoms. The molecule has 0 fully saturated rings. The van der Waals surface area contributed by atoms with E-state index in [9.17, 15) is 9.59 Å². The summed E-state index contributed by atoms with van der Waals surface area (Å²) in [4.78, 5) is 27.1. The quantitative estimate of drug-likeness (QED) is 0.663. The zero-order valence-corrected chi connectivity index (χ0v) is 10.8. The van der Waals surface area contributed by atoms with Crippen LogP contribution in [0.5, 0.6) is 0 Å². The molecule has 1 amide bonds. The molecule has 0 unspecified atom stereocenters. The molecule has 0 saturated carbocycles. The third-order valence-corrected chi connectivity index (χ3v) is 2.55. The van der Waals surface area contributed by atoms with Crippen molar-refractivity contribution >= 4 is 11.9 Å². The number of carbonyl (C=O) groups excluding carboxylic acids is 2. The van der Waals surface area contributed by atoms with Gasteiger partial charge in [0.05, 0.1) is 12.1 Å². The van der Waals surface area contributed by atoms with Crippen LogP contribution in [0.3, 0.4) is 0 Å². The Morgan fingerprint density at radius 3 is 2.50 bits per heavy atom. The van der Waals surface area contributed by atoms with E-state index in [0.29, 0.717) is 11.1 Å². The first-order valence-corrected chi connectivity index (χ1v) is 6.18. The molecule has 0 aliphatic carbocycles. The first-order valence-electron chi connectivity index (χ1n) is 6.18. The zero-order valence-electron chi connectivity index (χ0n) is 10.8. The highest BCUT2D eigenvalue weighted by atomic mass is 16.5. The van der Waals surface area contributed by atoms with Crippen LogP contribution in [0.2, 0.25) is 0 Å². The summed E-state index contributed by atoms with van der Waals surface area (Å²) in [6, 6.07) is 12.1. The number of rotatable bonds is 5. The molecule has 1 heterocycles. The molecule has 0 saturated heterocycles. The van der Waals surface area contributed by atoms with E-state index in [0.717, 1.165) is 0 Å². The van der Waals surface area contributed by atoms with Gasteiger partial charge < -0.3 is 10.1 Å². The van der Waals surface area contributed by atoms with E-state index in [-0.39, 0.29) is 19.1 Å². The fourth-order valence-corrected chi connectivity index (χ4v) is 1.57. The van der Waals surface area contributed by atoms with Gasteiger partial charge in [-0.05, 0) is 24.3 Å². The van der Waals surface area contributed by atoms with Crippen LogP contribution in [0.25, 0.3) is 0 Å². The number of pyridine rings is 1. The van der Waals surface area contributed by atoms with E-state index in [1.54, 1.807) is 42.6 Å². The van der Waals surface area contributed by atoms with Gasteiger partial charge in [0, 0.05) is 18.0 Å². The summed E-state index contributed by atoms with van der Waals surface area (Å²) in [7, 11) is 0. The fraction of sp³-hybridized carbons (Fsp3) is 0.133. The summed E-state index contributed by atoms with van der Waals surface area (Å²) in [5.74, 6) is -0.643. The molecule has 5 nitrogen and oxygen atoms in total. The molecule has 2 rings (SSSR count). The third-order valence-electron chi connectivity index (χ3n) is 2.55. The summed E-state index contributed by atoms with van der Waals surface area (Å²) in [5, 5.41) is 2.67. The Morgan fingerprint density at radius 1 is 1.05 bits per heavy atom. The smallest absolute Gasteiger partial charge is 0.339 e. The average molecular weight is 270 g/mol. The van der Waals surface area contributed by atoms with Crippen LogP contribution in [-0.2, 0) is 4.74 Å². The molecular weight excluding hydrogens is 256 g/mol. The molecule has 1 N–H and O–H groups in total. The molecule has 0 radical (unpaired) electrons. The van der Waals surface area contributed by atoms with Gasteiger partial charge in [-0.15, -0.1) is 0 Å². The van der Waals surface area contributed by atoms with Gasteiger partial charge in [0.25, 0.3) is 5.91 Å². The number of nitrogens with zero attached hydrogens (tertiary/aromatic N) is 1. The maximum atomic E-state index is 11.7. The molecule has 5 heteroatoms. The van der Waals surface area contributed by atoms with Gasteiger partial charge in [-0.3, -0.25) is 9.78 Å². The van der Waals surface area contributed by atoms with Crippen molar-refractivity contribution in [1.29, 1.82) is 0 Å². The minimum Gasteiger partial charge on any atom is -0.460 e. The fourth-order valence-electron chi connectivity index (χ4n) is 1.57. The topological polar surface area (TPSA) is 68.3 Å². The first kappa shape index (κ1) is 13.7. The number of benzene rings is 1. The zero-order chi connectivity index (χ0) is 14.2. The number of hydrogen-bond acceptors (Lipinski definition) is 4. The van der Waals surface area contributed by atoms with Crippen LogP contribution in [0.4, 0.5) is 0 Å². The van der Waals surface area contributed by atoms with Gasteiger partial charge in [0.2, 0.25) is 0 Å². The Hall–Kier alpha value is -2.69. The molecule has 0 aliphatic heterocycles. The number of amides is 1. The maximum Gasteiger partial charge on any atom is 0.339 e. The van der Waals surface area contributed by atoms with Crippen molar-refractivity contribution in [2.24, 2.45) is 0 Å². The normalized spacial score (nSPS) is 9.80. The summed E-state index contributed by atoms with van der Waals surface area (Å²) < 4.78 is 5.02. The Morgan fingerprint density at radius 2 is 1.80 bits per heavy atom. The highest BCUT2D eigenvalue weighted by Crippen LogP contribution is 1.99. The number of nitrogens with one attached hydrogen (secondary N) is 1. The summed E-state index contributed by atoms with van der Waals surface area (Å²) in [6.45, 7) is 0.381. The van der Waals surface area contributed by atoms with E-state index < -0.39 is 5.97 Å². The monoisotopic (exact) mass is 270 g/mol. The number of ether oxygens (including phenoxy) is 1. The molecule has 20 heavy (non-hydrogen) atoms. The van der Waals surface area contributed by atoms with E-state index >= 15 is 0 Å². The van der Waals surface area contributed by atoms with Crippen molar-refractivity contribution in [2.45, 2.75) is 0 Å². The molecular formula is C15H14N2O3. The molecule has 0 spiro atoms. The lowest BCUT2D eigenvalue weighted by Gasteiger charge is -2.06. The van der Waals surface area contributed by atoms with Gasteiger partial charge in [-0.2, -0.15) is 0 Å².